The van der Waals surface area contributed by atoms with Crippen LogP contribution in [0.2, 0.25) is 5.54 Å². The average Bonchev–Trinajstić information content (AvgIpc) is 1.65. The molecule has 0 nitrogen and oxygen atoms in total. The molecule has 50 valence electrons. The number of hydrogen-bond acceptors (Lipinski definition) is 0. The van der Waals surface area contributed by atoms with Gasteiger partial charge in [0.1, 0.15) is 0 Å². The van der Waals surface area contributed by atoms with Crippen molar-refractivity contribution < 1.29 is 0 Å². The number of hydrogen-bond donors (Lipinski definition) is 0. The van der Waals surface area contributed by atoms with Gasteiger partial charge in [-0.2, -0.15) is 0 Å². The lowest BCUT2D eigenvalue weighted by Crippen LogP contribution is -2.09. The topological polar surface area (TPSA) is 0 Å². The molecule has 0 aliphatic heterocycles. The van der Waals surface area contributed by atoms with Crippen molar-refractivity contribution in [3.05, 3.63) is 0 Å². The van der Waals surface area contributed by atoms with E-state index in [1.807, 2.05) is 0 Å². The molecule has 8 heavy (non-hydrogen) atoms. The molecular weight excluding hydrogens is 136 g/mol. The van der Waals surface area contributed by atoms with Crippen molar-refractivity contribution in [2.75, 3.05) is 0 Å². The van der Waals surface area contributed by atoms with E-state index in [2.05, 4.69) is 20.8 Å². The van der Waals surface area contributed by atoms with Crippen molar-refractivity contribution >= 4 is 21.1 Å². The molecule has 0 saturated heterocycles. The molecule has 0 bridgehead atoms. The SMILES string of the molecule is CCC(C)[SiH2]C(C)Cl. The van der Waals surface area contributed by atoms with E-state index in [1.165, 1.54) is 6.42 Å². The molecule has 0 aromatic heterocycles. The summed E-state index contributed by atoms with van der Waals surface area (Å²) in [4.78, 5) is 0. The predicted octanol–water partition coefficient (Wildman–Crippen LogP) is 1.96. The number of alkyl halides is 1. The molecule has 0 N–H and O–H groups in total. The van der Waals surface area contributed by atoms with E-state index in [1.54, 1.807) is 0 Å². The minimum atomic E-state index is 0.0359. The number of rotatable bonds is 3. The third-order valence-electron chi connectivity index (χ3n) is 1.42. The summed E-state index contributed by atoms with van der Waals surface area (Å²) in [6.07, 6.45) is 1.31. The van der Waals surface area contributed by atoms with E-state index in [0.29, 0.717) is 5.00 Å². The lowest BCUT2D eigenvalue weighted by atomic mass is 10.4. The highest BCUT2D eigenvalue weighted by molar-refractivity contribution is 6.54. The fourth-order valence-electron chi connectivity index (χ4n) is 0.721. The number of halogens is 1. The molecule has 0 aromatic carbocycles. The normalized spacial score (nSPS) is 19.5. The van der Waals surface area contributed by atoms with Crippen LogP contribution in [-0.2, 0) is 0 Å². The molecule has 0 rings (SSSR count). The zero-order valence-electron chi connectivity index (χ0n) is 5.95. The Hall–Kier alpha value is 0.507. The van der Waals surface area contributed by atoms with Crippen LogP contribution in [0, 0.1) is 0 Å². The van der Waals surface area contributed by atoms with Gasteiger partial charge in [0.15, 0.2) is 0 Å². The summed E-state index contributed by atoms with van der Waals surface area (Å²) in [5.74, 6) is 0. The largest absolute Gasteiger partial charge is 0.128 e. The zero-order chi connectivity index (χ0) is 6.57. The van der Waals surface area contributed by atoms with Crippen molar-refractivity contribution in [1.29, 1.82) is 0 Å². The maximum atomic E-state index is 5.81. The summed E-state index contributed by atoms with van der Waals surface area (Å²) in [6, 6.07) is 0. The molecule has 0 aliphatic rings. The smallest absolute Gasteiger partial charge is 0.0443 e. The average molecular weight is 151 g/mol. The third kappa shape index (κ3) is 4.66. The van der Waals surface area contributed by atoms with E-state index < -0.39 is 0 Å². The van der Waals surface area contributed by atoms with Gasteiger partial charge in [-0.3, -0.25) is 0 Å². The van der Waals surface area contributed by atoms with Crippen LogP contribution in [0.25, 0.3) is 0 Å². The second kappa shape index (κ2) is 4.39. The van der Waals surface area contributed by atoms with Gasteiger partial charge in [-0.25, -0.2) is 0 Å². The Bertz CT molecular complexity index is 54.5. The summed E-state index contributed by atoms with van der Waals surface area (Å²) in [6.45, 7) is 6.64. The monoisotopic (exact) mass is 150 g/mol. The van der Waals surface area contributed by atoms with Gasteiger partial charge >= 0.3 is 0 Å². The van der Waals surface area contributed by atoms with Gasteiger partial charge in [0.2, 0.25) is 0 Å². The molecule has 2 unspecified atom stereocenters. The van der Waals surface area contributed by atoms with Gasteiger partial charge in [0.25, 0.3) is 0 Å². The van der Waals surface area contributed by atoms with Crippen LogP contribution in [-0.4, -0.2) is 14.5 Å². The highest BCUT2D eigenvalue weighted by Gasteiger charge is 2.03. The third-order valence-corrected chi connectivity index (χ3v) is 3.99. The van der Waals surface area contributed by atoms with E-state index in [4.69, 9.17) is 11.6 Å². The van der Waals surface area contributed by atoms with Crippen molar-refractivity contribution in [2.24, 2.45) is 0 Å². The van der Waals surface area contributed by atoms with Crippen LogP contribution in [0.4, 0.5) is 0 Å². The fraction of sp³-hybridized carbons (Fsp3) is 1.00. The van der Waals surface area contributed by atoms with Crippen LogP contribution in [0.1, 0.15) is 27.2 Å². The second-order valence-electron chi connectivity index (χ2n) is 2.53. The lowest BCUT2D eigenvalue weighted by Gasteiger charge is -2.06. The first-order valence-electron chi connectivity index (χ1n) is 3.30. The van der Waals surface area contributed by atoms with E-state index in [-0.39, 0.29) is 9.52 Å². The summed E-state index contributed by atoms with van der Waals surface area (Å²) >= 11 is 5.81. The van der Waals surface area contributed by atoms with Crippen molar-refractivity contribution in [1.82, 2.24) is 0 Å². The molecule has 0 aromatic rings. The highest BCUT2D eigenvalue weighted by atomic mass is 35.5. The Kier molecular flexibility index (Phi) is 4.67. The lowest BCUT2D eigenvalue weighted by molar-refractivity contribution is 0.862. The molecule has 0 radical (unpaired) electrons. The Labute approximate surface area is 59.4 Å². The van der Waals surface area contributed by atoms with Gasteiger partial charge in [0.05, 0.1) is 0 Å². The first kappa shape index (κ1) is 8.51. The first-order valence-corrected chi connectivity index (χ1v) is 5.37. The molecule has 0 fully saturated rings. The van der Waals surface area contributed by atoms with Gasteiger partial charge in [-0.15, -0.1) is 11.6 Å². The maximum Gasteiger partial charge on any atom is 0.0443 e. The van der Waals surface area contributed by atoms with E-state index in [9.17, 15) is 0 Å². The summed E-state index contributed by atoms with van der Waals surface area (Å²) in [5.41, 5.74) is 0.933. The van der Waals surface area contributed by atoms with Gasteiger partial charge < -0.3 is 0 Å². The van der Waals surface area contributed by atoms with Crippen LogP contribution < -0.4 is 0 Å². The maximum absolute atomic E-state index is 5.81. The van der Waals surface area contributed by atoms with Gasteiger partial charge in [-0.05, 0) is 0 Å². The Morgan fingerprint density at radius 2 is 2.00 bits per heavy atom. The molecule has 0 saturated carbocycles. The van der Waals surface area contributed by atoms with E-state index in [0.717, 1.165) is 5.54 Å². The highest BCUT2D eigenvalue weighted by Crippen LogP contribution is 2.09. The molecule has 2 atom stereocenters. The summed E-state index contributed by atoms with van der Waals surface area (Å²) in [5, 5.41) is 0.491. The molecular formula is C6H15ClSi. The summed E-state index contributed by atoms with van der Waals surface area (Å²) < 4.78 is 0. The molecule has 0 aliphatic carbocycles. The van der Waals surface area contributed by atoms with Crippen LogP contribution in [0.3, 0.4) is 0 Å². The van der Waals surface area contributed by atoms with Crippen molar-refractivity contribution in [3.8, 4) is 0 Å². The molecule has 0 spiro atoms. The quantitative estimate of drug-likeness (QED) is 0.426. The molecule has 0 amide bonds. The van der Waals surface area contributed by atoms with Crippen LogP contribution in [0.5, 0.6) is 0 Å². The van der Waals surface area contributed by atoms with Gasteiger partial charge in [-0.1, -0.05) is 32.7 Å². The summed E-state index contributed by atoms with van der Waals surface area (Å²) in [7, 11) is 0.0359. The Balaban J connectivity index is 3.10. The Morgan fingerprint density at radius 1 is 1.50 bits per heavy atom. The minimum Gasteiger partial charge on any atom is -0.128 e. The minimum absolute atomic E-state index is 0.0359. The zero-order valence-corrected chi connectivity index (χ0v) is 8.12. The standard InChI is InChI=1S/C6H15ClSi/c1-4-5(2)8-6(3)7/h5-6H,4,8H2,1-3H3. The van der Waals surface area contributed by atoms with E-state index >= 15 is 0 Å². The second-order valence-corrected chi connectivity index (χ2v) is 6.88. The van der Waals surface area contributed by atoms with Crippen molar-refractivity contribution in [2.45, 2.75) is 37.7 Å². The predicted molar refractivity (Wildman–Crippen MR) is 43.6 cm³/mol. The van der Waals surface area contributed by atoms with Crippen LogP contribution in [0.15, 0.2) is 0 Å². The molecule has 2 heteroatoms. The first-order chi connectivity index (χ1) is 3.66. The van der Waals surface area contributed by atoms with Gasteiger partial charge in [0, 0.05) is 14.5 Å². The Morgan fingerprint density at radius 3 is 2.12 bits per heavy atom. The van der Waals surface area contributed by atoms with Crippen molar-refractivity contribution in [3.63, 3.8) is 0 Å². The molecule has 0 heterocycles. The van der Waals surface area contributed by atoms with Crippen LogP contribution >= 0.6 is 11.6 Å². The fourth-order valence-corrected chi connectivity index (χ4v) is 3.08.